The van der Waals surface area contributed by atoms with Crippen molar-refractivity contribution in [3.63, 3.8) is 0 Å². The summed E-state index contributed by atoms with van der Waals surface area (Å²) in [5, 5.41) is 3.62. The van der Waals surface area contributed by atoms with Gasteiger partial charge in [-0.15, -0.1) is 0 Å². The van der Waals surface area contributed by atoms with Crippen LogP contribution in [0.4, 0.5) is 0 Å². The van der Waals surface area contributed by atoms with Gasteiger partial charge in [0.25, 0.3) is 0 Å². The monoisotopic (exact) mass is 291 g/mol. The maximum absolute atomic E-state index is 5.37. The zero-order valence-corrected chi connectivity index (χ0v) is 13.7. The molecule has 0 heterocycles. The first-order valence-electron chi connectivity index (χ1n) is 8.20. The lowest BCUT2D eigenvalue weighted by molar-refractivity contribution is 0.354. The zero-order chi connectivity index (χ0) is 15.1. The van der Waals surface area contributed by atoms with Crippen molar-refractivity contribution in [2.45, 2.75) is 51.5 Å². The van der Waals surface area contributed by atoms with Gasteiger partial charge in [-0.25, -0.2) is 0 Å². The molecule has 1 N–H and O–H groups in total. The lowest BCUT2D eigenvalue weighted by Gasteiger charge is -2.17. The predicted octanol–water partition coefficient (Wildman–Crippen LogP) is 4.32. The summed E-state index contributed by atoms with van der Waals surface area (Å²) >= 11 is 0. The fraction of sp³-hybridized carbons (Fsp3) is 0.667. The summed E-state index contributed by atoms with van der Waals surface area (Å²) in [7, 11) is 3.35. The highest BCUT2D eigenvalue weighted by Crippen LogP contribution is 2.30. The van der Waals surface area contributed by atoms with Crippen LogP contribution in [0.25, 0.3) is 0 Å². The van der Waals surface area contributed by atoms with Gasteiger partial charge in [-0.2, -0.15) is 0 Å². The second-order valence-electron chi connectivity index (χ2n) is 6.08. The maximum Gasteiger partial charge on any atom is 0.161 e. The minimum atomic E-state index is 0.341. The Labute approximate surface area is 129 Å². The van der Waals surface area contributed by atoms with E-state index in [9.17, 15) is 0 Å². The Balaban J connectivity index is 1.78. The van der Waals surface area contributed by atoms with E-state index in [2.05, 4.69) is 24.4 Å². The van der Waals surface area contributed by atoms with Gasteiger partial charge in [0.15, 0.2) is 11.5 Å². The van der Waals surface area contributed by atoms with Crippen LogP contribution < -0.4 is 14.8 Å². The SMILES string of the molecule is COc1ccc(C(C)NCCCC2CCCC2)cc1OC. The Morgan fingerprint density at radius 1 is 1.14 bits per heavy atom. The fourth-order valence-corrected chi connectivity index (χ4v) is 3.25. The number of hydrogen-bond acceptors (Lipinski definition) is 3. The fourth-order valence-electron chi connectivity index (χ4n) is 3.25. The van der Waals surface area contributed by atoms with Crippen molar-refractivity contribution < 1.29 is 9.47 Å². The number of ether oxygens (including phenoxy) is 2. The average molecular weight is 291 g/mol. The molecule has 1 aliphatic carbocycles. The molecule has 1 atom stereocenters. The van der Waals surface area contributed by atoms with Crippen LogP contribution in [-0.2, 0) is 0 Å². The van der Waals surface area contributed by atoms with Gasteiger partial charge in [-0.1, -0.05) is 31.7 Å². The number of benzene rings is 1. The first kappa shape index (κ1) is 16.2. The van der Waals surface area contributed by atoms with Crippen molar-refractivity contribution in [1.29, 1.82) is 0 Å². The van der Waals surface area contributed by atoms with Gasteiger partial charge < -0.3 is 14.8 Å². The summed E-state index contributed by atoms with van der Waals surface area (Å²) in [6.07, 6.45) is 8.45. The third kappa shape index (κ3) is 4.63. The molecule has 3 heteroatoms. The van der Waals surface area contributed by atoms with Crippen LogP contribution in [0.15, 0.2) is 18.2 Å². The molecule has 0 radical (unpaired) electrons. The lowest BCUT2D eigenvalue weighted by Crippen LogP contribution is -2.20. The summed E-state index contributed by atoms with van der Waals surface area (Å²) in [6, 6.07) is 6.49. The van der Waals surface area contributed by atoms with E-state index in [1.807, 2.05) is 6.07 Å². The number of methoxy groups -OCH3 is 2. The van der Waals surface area contributed by atoms with Crippen molar-refractivity contribution in [1.82, 2.24) is 5.32 Å². The van der Waals surface area contributed by atoms with Crippen LogP contribution in [0.3, 0.4) is 0 Å². The Morgan fingerprint density at radius 3 is 2.52 bits per heavy atom. The summed E-state index contributed by atoms with van der Waals surface area (Å²) < 4.78 is 10.6. The van der Waals surface area contributed by atoms with E-state index in [0.717, 1.165) is 24.0 Å². The van der Waals surface area contributed by atoms with E-state index >= 15 is 0 Å². The molecule has 118 valence electrons. The Hall–Kier alpha value is -1.22. The predicted molar refractivity (Wildman–Crippen MR) is 87.2 cm³/mol. The first-order valence-corrected chi connectivity index (χ1v) is 8.20. The Bertz CT molecular complexity index is 427. The van der Waals surface area contributed by atoms with Gasteiger partial charge >= 0.3 is 0 Å². The molecule has 2 rings (SSSR count). The molecule has 1 aliphatic rings. The molecule has 0 bridgehead atoms. The third-order valence-corrected chi connectivity index (χ3v) is 4.62. The molecule has 1 unspecified atom stereocenters. The van der Waals surface area contributed by atoms with Gasteiger partial charge in [-0.3, -0.25) is 0 Å². The topological polar surface area (TPSA) is 30.5 Å². The number of nitrogens with one attached hydrogen (secondary N) is 1. The minimum absolute atomic E-state index is 0.341. The Morgan fingerprint density at radius 2 is 1.86 bits per heavy atom. The highest BCUT2D eigenvalue weighted by molar-refractivity contribution is 5.43. The summed E-state index contributed by atoms with van der Waals surface area (Å²) in [5.41, 5.74) is 1.24. The van der Waals surface area contributed by atoms with E-state index in [0.29, 0.717) is 6.04 Å². The second-order valence-corrected chi connectivity index (χ2v) is 6.08. The summed E-state index contributed by atoms with van der Waals surface area (Å²) in [6.45, 7) is 3.29. The quantitative estimate of drug-likeness (QED) is 0.723. The lowest BCUT2D eigenvalue weighted by atomic mass is 10.0. The molecule has 21 heavy (non-hydrogen) atoms. The highest BCUT2D eigenvalue weighted by atomic mass is 16.5. The van der Waals surface area contributed by atoms with Crippen LogP contribution in [0.5, 0.6) is 11.5 Å². The molecular weight excluding hydrogens is 262 g/mol. The van der Waals surface area contributed by atoms with Crippen molar-refractivity contribution in [2.24, 2.45) is 5.92 Å². The molecule has 0 saturated heterocycles. The molecule has 1 saturated carbocycles. The number of hydrogen-bond donors (Lipinski definition) is 1. The molecule has 1 aromatic rings. The van der Waals surface area contributed by atoms with E-state index in [-0.39, 0.29) is 0 Å². The highest BCUT2D eigenvalue weighted by Gasteiger charge is 2.14. The van der Waals surface area contributed by atoms with Crippen LogP contribution >= 0.6 is 0 Å². The van der Waals surface area contributed by atoms with E-state index in [1.165, 1.54) is 44.1 Å². The summed E-state index contributed by atoms with van der Waals surface area (Å²) in [5.74, 6) is 2.58. The minimum Gasteiger partial charge on any atom is -0.493 e. The van der Waals surface area contributed by atoms with E-state index in [1.54, 1.807) is 14.2 Å². The molecule has 0 aromatic heterocycles. The van der Waals surface area contributed by atoms with E-state index in [4.69, 9.17) is 9.47 Å². The van der Waals surface area contributed by atoms with E-state index < -0.39 is 0 Å². The van der Waals surface area contributed by atoms with Gasteiger partial charge in [0.2, 0.25) is 0 Å². The second kappa shape index (κ2) is 8.28. The van der Waals surface area contributed by atoms with Crippen LogP contribution in [0, 0.1) is 5.92 Å². The van der Waals surface area contributed by atoms with Crippen molar-refractivity contribution >= 4 is 0 Å². The molecule has 0 amide bonds. The molecule has 1 fully saturated rings. The van der Waals surface area contributed by atoms with Gasteiger partial charge in [0.1, 0.15) is 0 Å². The van der Waals surface area contributed by atoms with Gasteiger partial charge in [-0.05, 0) is 49.9 Å². The number of rotatable bonds is 8. The van der Waals surface area contributed by atoms with Gasteiger partial charge in [0, 0.05) is 6.04 Å². The molecule has 0 spiro atoms. The standard InChI is InChI=1S/C18H29NO2/c1-14(19-12-6-9-15-7-4-5-8-15)16-10-11-17(20-2)18(13-16)21-3/h10-11,13-15,19H,4-9,12H2,1-3H3. The maximum atomic E-state index is 5.37. The molecular formula is C18H29NO2. The normalized spacial score (nSPS) is 16.9. The first-order chi connectivity index (χ1) is 10.2. The summed E-state index contributed by atoms with van der Waals surface area (Å²) in [4.78, 5) is 0. The largest absolute Gasteiger partial charge is 0.493 e. The van der Waals surface area contributed by atoms with Crippen LogP contribution in [0.2, 0.25) is 0 Å². The zero-order valence-electron chi connectivity index (χ0n) is 13.7. The van der Waals surface area contributed by atoms with Crippen molar-refractivity contribution in [3.8, 4) is 11.5 Å². The van der Waals surface area contributed by atoms with Crippen molar-refractivity contribution in [3.05, 3.63) is 23.8 Å². The van der Waals surface area contributed by atoms with Crippen molar-refractivity contribution in [2.75, 3.05) is 20.8 Å². The Kier molecular flexibility index (Phi) is 6.37. The molecule has 1 aromatic carbocycles. The molecule has 3 nitrogen and oxygen atoms in total. The third-order valence-electron chi connectivity index (χ3n) is 4.62. The van der Waals surface area contributed by atoms with Gasteiger partial charge in [0.05, 0.1) is 14.2 Å². The van der Waals surface area contributed by atoms with Crippen LogP contribution in [-0.4, -0.2) is 20.8 Å². The molecule has 0 aliphatic heterocycles. The van der Waals surface area contributed by atoms with Crippen LogP contribution in [0.1, 0.15) is 57.1 Å². The average Bonchev–Trinajstić information content (AvgIpc) is 3.04. The smallest absolute Gasteiger partial charge is 0.161 e.